The molecule has 1 aromatic carbocycles. The van der Waals surface area contributed by atoms with Crippen molar-refractivity contribution in [3.63, 3.8) is 0 Å². The van der Waals surface area contributed by atoms with Crippen molar-refractivity contribution in [1.82, 2.24) is 0 Å². The van der Waals surface area contributed by atoms with Crippen LogP contribution in [-0.2, 0) is 0 Å². The third-order valence-corrected chi connectivity index (χ3v) is 2.26. The van der Waals surface area contributed by atoms with Gasteiger partial charge in [0.15, 0.2) is 16.8 Å². The summed E-state index contributed by atoms with van der Waals surface area (Å²) >= 11 is 3.41. The highest BCUT2D eigenvalue weighted by Crippen LogP contribution is 2.30. The first-order valence-corrected chi connectivity index (χ1v) is 4.22. The molecule has 0 spiro atoms. The maximum absolute atomic E-state index is 3.41. The third kappa shape index (κ3) is 1.05. The number of hydrogen-bond donors (Lipinski definition) is 1. The molecule has 0 aromatic heterocycles. The first-order valence-electron chi connectivity index (χ1n) is 3.43. The monoisotopic (exact) mass is 208 g/mol. The number of rotatable bonds is 0. The first-order chi connectivity index (χ1) is 5.27. The van der Waals surface area contributed by atoms with Crippen molar-refractivity contribution in [3.05, 3.63) is 34.4 Å². The molecule has 0 amide bonds. The van der Waals surface area contributed by atoms with Crippen molar-refractivity contribution in [3.8, 4) is 0 Å². The quantitative estimate of drug-likeness (QED) is 0.647. The molecule has 0 radical (unpaired) electrons. The van der Waals surface area contributed by atoms with Crippen molar-refractivity contribution in [1.29, 1.82) is 0 Å². The molecule has 1 heterocycles. The maximum Gasteiger partial charge on any atom is 0.199 e. The van der Waals surface area contributed by atoms with E-state index in [1.165, 1.54) is 11.1 Å². The number of allylic oxidation sites excluding steroid dienone is 1. The summed E-state index contributed by atoms with van der Waals surface area (Å²) in [6.07, 6.45) is 3.06. The van der Waals surface area contributed by atoms with E-state index in [9.17, 15) is 0 Å². The van der Waals surface area contributed by atoms with Gasteiger partial charge in [-0.25, -0.2) is 0 Å². The van der Waals surface area contributed by atoms with Gasteiger partial charge in [-0.15, -0.1) is 0 Å². The van der Waals surface area contributed by atoms with Gasteiger partial charge in [-0.05, 0) is 28.9 Å². The lowest BCUT2D eigenvalue weighted by Gasteiger charge is -1.89. The van der Waals surface area contributed by atoms with Crippen LogP contribution in [0.25, 0.3) is 5.57 Å². The van der Waals surface area contributed by atoms with Crippen LogP contribution < -0.4 is 5.32 Å². The van der Waals surface area contributed by atoms with Gasteiger partial charge in [0.25, 0.3) is 0 Å². The Morgan fingerprint density at radius 2 is 2.27 bits per heavy atom. The number of hydrogen-bond acceptors (Lipinski definition) is 1. The second-order valence-corrected chi connectivity index (χ2v) is 3.48. The van der Waals surface area contributed by atoms with Crippen LogP contribution in [0.3, 0.4) is 0 Å². The van der Waals surface area contributed by atoms with Crippen LogP contribution >= 0.6 is 15.9 Å². The van der Waals surface area contributed by atoms with Crippen LogP contribution in [0.1, 0.15) is 12.5 Å². The molecule has 0 aliphatic carbocycles. The van der Waals surface area contributed by atoms with Crippen LogP contribution in [0.4, 0.5) is 5.69 Å². The molecule has 54 valence electrons. The Hall–Kier alpha value is -0.850. The molecule has 0 fully saturated rings. The summed E-state index contributed by atoms with van der Waals surface area (Å²) in [6, 6.07) is 6.18. The van der Waals surface area contributed by atoms with Gasteiger partial charge < -0.3 is 0 Å². The molecule has 0 unspecified atom stereocenters. The summed E-state index contributed by atoms with van der Waals surface area (Å²) in [5.41, 5.74) is 3.55. The first kappa shape index (κ1) is 6.84. The smallest absolute Gasteiger partial charge is 0.197 e. The van der Waals surface area contributed by atoms with E-state index in [-0.39, 0.29) is 0 Å². The molecule has 0 atom stereocenters. The van der Waals surface area contributed by atoms with Crippen LogP contribution in [-0.4, -0.2) is 0 Å². The zero-order chi connectivity index (χ0) is 7.84. The second kappa shape index (κ2) is 2.33. The molecule has 0 bridgehead atoms. The largest absolute Gasteiger partial charge is 0.199 e. The van der Waals surface area contributed by atoms with Gasteiger partial charge in [-0.2, -0.15) is 5.32 Å². The Morgan fingerprint density at radius 1 is 1.45 bits per heavy atom. The highest BCUT2D eigenvalue weighted by Gasteiger charge is 2.21. The van der Waals surface area contributed by atoms with Crippen LogP contribution in [0, 0.1) is 6.20 Å². The van der Waals surface area contributed by atoms with Gasteiger partial charge in [-0.1, -0.05) is 0 Å². The van der Waals surface area contributed by atoms with E-state index in [4.69, 9.17) is 0 Å². The standard InChI is InChI=1S/C9H7BrN/c1-6-5-11-9-4-7(10)2-3-8(6)9/h2-4,11H,1H3/q+1. The summed E-state index contributed by atoms with van der Waals surface area (Å²) < 4.78 is 1.10. The van der Waals surface area contributed by atoms with Gasteiger partial charge in [0, 0.05) is 16.6 Å². The fraction of sp³-hybridized carbons (Fsp3) is 0.111. The molecular weight excluding hydrogens is 202 g/mol. The predicted octanol–water partition coefficient (Wildman–Crippen LogP) is 3.04. The van der Waals surface area contributed by atoms with E-state index < -0.39 is 0 Å². The Labute approximate surface area is 74.2 Å². The fourth-order valence-corrected chi connectivity index (χ4v) is 1.54. The minimum Gasteiger partial charge on any atom is -0.197 e. The van der Waals surface area contributed by atoms with E-state index >= 15 is 0 Å². The Balaban J connectivity index is 2.58. The minimum absolute atomic E-state index is 1.10. The molecule has 1 N–H and O–H groups in total. The molecule has 1 nitrogen and oxygen atoms in total. The van der Waals surface area contributed by atoms with Crippen molar-refractivity contribution in [2.24, 2.45) is 0 Å². The SMILES string of the molecule is CC1=[C+]Nc2cc(Br)ccc21. The average molecular weight is 209 g/mol. The molecule has 1 aromatic rings. The molecule has 0 saturated heterocycles. The molecule has 2 heteroatoms. The number of nitrogens with one attached hydrogen (secondary N) is 1. The van der Waals surface area contributed by atoms with Crippen LogP contribution in [0.2, 0.25) is 0 Å². The number of benzene rings is 1. The lowest BCUT2D eigenvalue weighted by Crippen LogP contribution is -1.82. The maximum atomic E-state index is 3.41. The minimum atomic E-state index is 1.10. The summed E-state index contributed by atoms with van der Waals surface area (Å²) in [7, 11) is 0. The molecule has 2 rings (SSSR count). The molecule has 0 saturated carbocycles. The lowest BCUT2D eigenvalue weighted by atomic mass is 10.1. The highest BCUT2D eigenvalue weighted by molar-refractivity contribution is 9.10. The molecular formula is C9H7BrN+. The van der Waals surface area contributed by atoms with Crippen molar-refractivity contribution >= 4 is 27.2 Å². The third-order valence-electron chi connectivity index (χ3n) is 1.77. The lowest BCUT2D eigenvalue weighted by molar-refractivity contribution is 1.57. The molecule has 11 heavy (non-hydrogen) atoms. The Morgan fingerprint density at radius 3 is 3.09 bits per heavy atom. The Bertz CT molecular complexity index is 328. The molecule has 1 aliphatic rings. The topological polar surface area (TPSA) is 12.0 Å². The van der Waals surface area contributed by atoms with Gasteiger partial charge in [0.05, 0.1) is 0 Å². The van der Waals surface area contributed by atoms with E-state index in [0.29, 0.717) is 0 Å². The van der Waals surface area contributed by atoms with Gasteiger partial charge in [0.1, 0.15) is 6.20 Å². The van der Waals surface area contributed by atoms with E-state index in [1.807, 2.05) is 13.0 Å². The summed E-state index contributed by atoms with van der Waals surface area (Å²) in [5, 5.41) is 3.07. The van der Waals surface area contributed by atoms with Crippen LogP contribution in [0.15, 0.2) is 22.7 Å². The Kier molecular flexibility index (Phi) is 1.45. The number of anilines is 1. The molecule has 1 aliphatic heterocycles. The second-order valence-electron chi connectivity index (χ2n) is 2.56. The number of halogens is 1. The fourth-order valence-electron chi connectivity index (χ4n) is 1.18. The summed E-state index contributed by atoms with van der Waals surface area (Å²) in [6.45, 7) is 2.05. The van der Waals surface area contributed by atoms with Crippen molar-refractivity contribution in [2.45, 2.75) is 6.92 Å². The zero-order valence-electron chi connectivity index (χ0n) is 6.11. The summed E-state index contributed by atoms with van der Waals surface area (Å²) in [4.78, 5) is 0. The van der Waals surface area contributed by atoms with Crippen molar-refractivity contribution in [2.75, 3.05) is 5.32 Å². The highest BCUT2D eigenvalue weighted by atomic mass is 79.9. The predicted molar refractivity (Wildman–Crippen MR) is 50.1 cm³/mol. The van der Waals surface area contributed by atoms with E-state index in [2.05, 4.69) is 39.6 Å². The summed E-state index contributed by atoms with van der Waals surface area (Å²) in [5.74, 6) is 0. The normalized spacial score (nSPS) is 13.1. The van der Waals surface area contributed by atoms with E-state index in [0.717, 1.165) is 10.2 Å². The zero-order valence-corrected chi connectivity index (χ0v) is 7.70. The number of fused-ring (bicyclic) bond motifs is 1. The average Bonchev–Trinajstić information content (AvgIpc) is 2.32. The van der Waals surface area contributed by atoms with E-state index in [1.54, 1.807) is 0 Å². The van der Waals surface area contributed by atoms with Crippen molar-refractivity contribution < 1.29 is 0 Å². The van der Waals surface area contributed by atoms with Gasteiger partial charge in [-0.3, -0.25) is 0 Å². The van der Waals surface area contributed by atoms with Gasteiger partial charge >= 0.3 is 0 Å². The van der Waals surface area contributed by atoms with Gasteiger partial charge in [0.2, 0.25) is 0 Å². The van der Waals surface area contributed by atoms with Crippen LogP contribution in [0.5, 0.6) is 0 Å².